The second kappa shape index (κ2) is 3.59. The predicted molar refractivity (Wildman–Crippen MR) is 8.78 cm³/mol. The van der Waals surface area contributed by atoms with E-state index in [4.69, 9.17) is 15.3 Å². The summed E-state index contributed by atoms with van der Waals surface area (Å²) in [5, 5.41) is 13.6. The fraction of sp³-hybridized carbons (Fsp3) is 0. The zero-order valence-corrected chi connectivity index (χ0v) is 5.24. The molecule has 4 nitrogen and oxygen atoms in total. The number of nitrogens with zero attached hydrogens (tertiary/aromatic N) is 1. The molecule has 0 aliphatic rings. The van der Waals surface area contributed by atoms with Crippen LogP contribution in [0.2, 0.25) is 0 Å². The van der Waals surface area contributed by atoms with Crippen molar-refractivity contribution >= 4 is 0 Å². The molecule has 0 amide bonds. The summed E-state index contributed by atoms with van der Waals surface area (Å²) in [5.74, 6) is 0. The topological polar surface area (TPSA) is 63.4 Å². The first-order valence-electron chi connectivity index (χ1n) is 0.565. The van der Waals surface area contributed by atoms with E-state index in [-0.39, 0.29) is 14.3 Å². The van der Waals surface area contributed by atoms with E-state index in [0.717, 1.165) is 0 Å². The second-order valence-electron chi connectivity index (χ2n) is 0.238. The van der Waals surface area contributed by atoms with Crippen molar-refractivity contribution in [2.45, 2.75) is 0 Å². The molecule has 1 radical (unpaired) electrons. The standard InChI is InChI=1S/Am.HNO3/c;2-1(3)4/h;(H,2,3,4). The normalized spacial score (nSPS) is 4.80. The van der Waals surface area contributed by atoms with Gasteiger partial charge in [-0.3, -0.25) is 0 Å². The van der Waals surface area contributed by atoms with Crippen molar-refractivity contribution in [1.82, 2.24) is 0 Å². The molecule has 0 fully saturated rings. The van der Waals surface area contributed by atoms with Gasteiger partial charge in [-0.1, -0.05) is 0 Å². The van der Waals surface area contributed by atoms with Crippen molar-refractivity contribution in [2.24, 2.45) is 0 Å². The largest absolute Gasteiger partial charge is 0.328 e. The zero-order valence-electron chi connectivity index (χ0n) is 2.09. The van der Waals surface area contributed by atoms with Crippen molar-refractivity contribution in [3.63, 3.8) is 0 Å². The maximum absolute atomic E-state index is 8.36. The molecule has 31 valence electrons. The van der Waals surface area contributed by atoms with Crippen molar-refractivity contribution < 1.29 is 24.6 Å². The van der Waals surface area contributed by atoms with Gasteiger partial charge < -0.3 is 5.21 Å². The van der Waals surface area contributed by atoms with Crippen LogP contribution in [0.3, 0.4) is 0 Å². The number of hydrogen-bond acceptors (Lipinski definition) is 2. The van der Waals surface area contributed by atoms with Crippen molar-refractivity contribution in [1.29, 1.82) is 0 Å². The monoisotopic (exact) mass is 304 g/mol. The molecule has 0 rings (SSSR count). The van der Waals surface area contributed by atoms with Crippen molar-refractivity contribution in [3.05, 3.63) is 10.1 Å². The van der Waals surface area contributed by atoms with E-state index >= 15 is 0 Å². The average molecular weight is 306 g/mol. The van der Waals surface area contributed by atoms with Crippen molar-refractivity contribution in [3.8, 4) is 0 Å². The summed E-state index contributed by atoms with van der Waals surface area (Å²) in [5.41, 5.74) is 0. The quantitative estimate of drug-likeness (QED) is 0.492. The molecule has 0 aromatic carbocycles. The third kappa shape index (κ3) is 53.9. The van der Waals surface area contributed by atoms with Crippen LogP contribution in [0.15, 0.2) is 0 Å². The van der Waals surface area contributed by atoms with Crippen LogP contribution in [-0.4, -0.2) is 10.3 Å². The van der Waals surface area contributed by atoms with E-state index in [9.17, 15) is 0 Å². The van der Waals surface area contributed by atoms with Gasteiger partial charge in [-0.15, -0.1) is 10.1 Å². The van der Waals surface area contributed by atoms with Crippen LogP contribution in [0, 0.1) is 24.4 Å². The van der Waals surface area contributed by atoms with Gasteiger partial charge in [0.2, 0.25) is 0 Å². The molecular formula is HAmNO3. The predicted octanol–water partition coefficient (Wildman–Crippen LogP) is -0.348. The molecule has 0 aromatic heterocycles. The van der Waals surface area contributed by atoms with Gasteiger partial charge >= 0.3 is 0 Å². The first-order chi connectivity index (χ1) is 1.73. The maximum Gasteiger partial charge on any atom is 0.291 e. The first-order valence-corrected chi connectivity index (χ1v) is 0.565. The Hall–Kier alpha value is -0.410. The summed E-state index contributed by atoms with van der Waals surface area (Å²) in [6.07, 6.45) is 0. The molecule has 0 aliphatic carbocycles. The SMILES string of the molecule is O=[N+]([O-])O.[Am]. The number of rotatable bonds is 0. The summed E-state index contributed by atoms with van der Waals surface area (Å²) in [7, 11) is 0. The molecule has 0 saturated heterocycles. The Morgan fingerprint density at radius 3 is 1.80 bits per heavy atom. The summed E-state index contributed by atoms with van der Waals surface area (Å²) >= 11 is 0. The van der Waals surface area contributed by atoms with Crippen LogP contribution in [0.25, 0.3) is 0 Å². The molecule has 5 heteroatoms. The van der Waals surface area contributed by atoms with Gasteiger partial charge in [0.05, 0.1) is 0 Å². The third-order valence-electron chi connectivity index (χ3n) is 0. The fourth-order valence-electron chi connectivity index (χ4n) is 0. The zero-order chi connectivity index (χ0) is 3.58. The van der Waals surface area contributed by atoms with Gasteiger partial charge in [0.1, 0.15) is 0 Å². The Balaban J connectivity index is 0. The van der Waals surface area contributed by atoms with E-state index < -0.39 is 5.09 Å². The van der Waals surface area contributed by atoms with Gasteiger partial charge in [0.25, 0.3) is 5.09 Å². The van der Waals surface area contributed by atoms with Crippen LogP contribution in [0.4, 0.5) is 0 Å². The average Bonchev–Trinajstić information content (AvgIpc) is 0.811. The Morgan fingerprint density at radius 2 is 1.80 bits per heavy atom. The summed E-state index contributed by atoms with van der Waals surface area (Å²) in [4.78, 5) is 8.36. The maximum atomic E-state index is 8.36. The van der Waals surface area contributed by atoms with E-state index in [1.165, 1.54) is 0 Å². The van der Waals surface area contributed by atoms with E-state index in [1.54, 1.807) is 0 Å². The molecule has 5 heavy (non-hydrogen) atoms. The van der Waals surface area contributed by atoms with Crippen LogP contribution >= 0.6 is 0 Å². The van der Waals surface area contributed by atoms with Gasteiger partial charge in [0, 0.05) is 14.3 Å². The van der Waals surface area contributed by atoms with Gasteiger partial charge in [-0.25, -0.2) is 0 Å². The summed E-state index contributed by atoms with van der Waals surface area (Å²) < 4.78 is 0. The number of hydrogen-bond donors (Lipinski definition) is 1. The molecule has 0 aromatic rings. The minimum Gasteiger partial charge on any atom is -0.328 e. The smallest absolute Gasteiger partial charge is 0.291 e. The molecule has 0 unspecified atom stereocenters. The Kier molecular flexibility index (Phi) is 6.33. The van der Waals surface area contributed by atoms with Gasteiger partial charge in [0.15, 0.2) is 0 Å². The molecule has 0 bridgehead atoms. The van der Waals surface area contributed by atoms with Gasteiger partial charge in [-0.2, -0.15) is 0 Å². The molecule has 0 aliphatic heterocycles. The minimum absolute atomic E-state index is 0. The Morgan fingerprint density at radius 1 is 1.80 bits per heavy atom. The van der Waals surface area contributed by atoms with Crippen molar-refractivity contribution in [2.75, 3.05) is 0 Å². The summed E-state index contributed by atoms with van der Waals surface area (Å²) in [6, 6.07) is 0. The van der Waals surface area contributed by atoms with E-state index in [1.807, 2.05) is 0 Å². The molecule has 0 heterocycles. The van der Waals surface area contributed by atoms with Crippen LogP contribution in [-0.2, 0) is 0 Å². The molecule has 0 atom stereocenters. The molecule has 0 saturated carbocycles. The Bertz CT molecular complexity index is 29.9. The summed E-state index contributed by atoms with van der Waals surface area (Å²) in [6.45, 7) is 0. The van der Waals surface area contributed by atoms with Crippen LogP contribution in [0.5, 0.6) is 0 Å². The molecular weight excluding hydrogens is 305 g/mol. The van der Waals surface area contributed by atoms with E-state index in [2.05, 4.69) is 0 Å². The first kappa shape index (κ1) is 8.82. The molecule has 1 N–H and O–H groups in total. The third-order valence-corrected chi connectivity index (χ3v) is 0. The Labute approximate surface area is 35.7 Å². The van der Waals surface area contributed by atoms with E-state index in [0.29, 0.717) is 0 Å². The van der Waals surface area contributed by atoms with Crippen LogP contribution < -0.4 is 0 Å². The fourth-order valence-corrected chi connectivity index (χ4v) is 0. The molecule has 0 spiro atoms. The minimum atomic E-state index is -1.50. The second-order valence-corrected chi connectivity index (χ2v) is 0.238. The van der Waals surface area contributed by atoms with Gasteiger partial charge in [-0.05, 0) is 0 Å². The van der Waals surface area contributed by atoms with Crippen LogP contribution in [0.1, 0.15) is 0 Å².